The van der Waals surface area contributed by atoms with Crippen molar-refractivity contribution in [1.29, 1.82) is 0 Å². The monoisotopic (exact) mass is 255 g/mol. The highest BCUT2D eigenvalue weighted by Gasteiger charge is 2.18. The molecule has 2 aromatic rings. The first-order valence-electron chi connectivity index (χ1n) is 5.06. The van der Waals surface area contributed by atoms with Crippen molar-refractivity contribution in [3.8, 4) is 0 Å². The van der Waals surface area contributed by atoms with Gasteiger partial charge >= 0.3 is 0 Å². The molecule has 0 amide bonds. The van der Waals surface area contributed by atoms with Crippen molar-refractivity contribution in [3.05, 3.63) is 24.7 Å². The first-order valence-corrected chi connectivity index (χ1v) is 6.54. The van der Waals surface area contributed by atoms with Crippen LogP contribution in [0.4, 0.5) is 5.82 Å². The summed E-state index contributed by atoms with van der Waals surface area (Å²) in [7, 11) is -3.60. The Hall–Kier alpha value is -1.83. The lowest BCUT2D eigenvalue weighted by atomic mass is 10.4. The summed E-state index contributed by atoms with van der Waals surface area (Å²) in [5.74, 6) is 0.432. The minimum atomic E-state index is -3.60. The summed E-state index contributed by atoms with van der Waals surface area (Å²) in [5, 5.41) is 10.1. The minimum absolute atomic E-state index is 0.0760. The van der Waals surface area contributed by atoms with Gasteiger partial charge in [-0.1, -0.05) is 0 Å². The molecular formula is C9H13N5O2S. The molecule has 0 aliphatic heterocycles. The minimum Gasteiger partial charge on any atom is -0.284 e. The Morgan fingerprint density at radius 2 is 2.24 bits per heavy atom. The molecule has 2 heterocycles. The number of rotatable bonds is 4. The quantitative estimate of drug-likeness (QED) is 0.852. The van der Waals surface area contributed by atoms with Crippen LogP contribution >= 0.6 is 0 Å². The molecule has 2 rings (SSSR count). The highest BCUT2D eigenvalue weighted by molar-refractivity contribution is 7.92. The third-order valence-corrected chi connectivity index (χ3v) is 3.50. The maximum absolute atomic E-state index is 11.9. The molecule has 0 aromatic carbocycles. The van der Waals surface area contributed by atoms with Gasteiger partial charge in [0.2, 0.25) is 0 Å². The van der Waals surface area contributed by atoms with Gasteiger partial charge in [0.25, 0.3) is 10.0 Å². The molecule has 2 N–H and O–H groups in total. The zero-order chi connectivity index (χ0) is 12.5. The third-order valence-electron chi connectivity index (χ3n) is 2.18. The van der Waals surface area contributed by atoms with E-state index in [1.165, 1.54) is 12.4 Å². The number of nitrogens with zero attached hydrogens (tertiary/aromatic N) is 3. The van der Waals surface area contributed by atoms with Gasteiger partial charge in [0, 0.05) is 18.3 Å². The molecule has 7 nitrogen and oxygen atoms in total. The number of hydrogen-bond donors (Lipinski definition) is 2. The second kappa shape index (κ2) is 4.21. The van der Waals surface area contributed by atoms with Crippen molar-refractivity contribution >= 4 is 15.8 Å². The fraction of sp³-hybridized carbons (Fsp3) is 0.333. The van der Waals surface area contributed by atoms with E-state index in [2.05, 4.69) is 20.0 Å². The summed E-state index contributed by atoms with van der Waals surface area (Å²) in [4.78, 5) is 0.0917. The predicted octanol–water partition coefficient (Wildman–Crippen LogP) is 0.988. The van der Waals surface area contributed by atoms with Crippen molar-refractivity contribution < 1.29 is 8.42 Å². The normalized spacial score (nSPS) is 11.9. The number of sulfonamides is 1. The number of aromatic nitrogens is 4. The Morgan fingerprint density at radius 1 is 1.47 bits per heavy atom. The fourth-order valence-corrected chi connectivity index (χ4v) is 2.34. The molecule has 0 spiro atoms. The zero-order valence-corrected chi connectivity index (χ0v) is 10.3. The van der Waals surface area contributed by atoms with Crippen LogP contribution in [0.3, 0.4) is 0 Å². The van der Waals surface area contributed by atoms with Crippen LogP contribution in [0.1, 0.15) is 19.9 Å². The van der Waals surface area contributed by atoms with Crippen LogP contribution in [0.15, 0.2) is 29.6 Å². The van der Waals surface area contributed by atoms with E-state index in [-0.39, 0.29) is 10.9 Å². The average molecular weight is 255 g/mol. The van der Waals surface area contributed by atoms with Crippen LogP contribution in [-0.2, 0) is 10.0 Å². The van der Waals surface area contributed by atoms with E-state index in [1.807, 2.05) is 13.8 Å². The summed E-state index contributed by atoms with van der Waals surface area (Å²) in [6.07, 6.45) is 4.12. The Kier molecular flexibility index (Phi) is 2.88. The molecule has 0 bridgehead atoms. The lowest BCUT2D eigenvalue weighted by Crippen LogP contribution is -2.16. The molecule has 0 saturated heterocycles. The highest BCUT2D eigenvalue weighted by atomic mass is 32.2. The second-order valence-electron chi connectivity index (χ2n) is 3.79. The molecular weight excluding hydrogens is 242 g/mol. The van der Waals surface area contributed by atoms with E-state index >= 15 is 0 Å². The fourth-order valence-electron chi connectivity index (χ4n) is 1.39. The van der Waals surface area contributed by atoms with Crippen molar-refractivity contribution in [2.45, 2.75) is 24.8 Å². The summed E-state index contributed by atoms with van der Waals surface area (Å²) < 4.78 is 27.9. The topological polar surface area (TPSA) is 92.7 Å². The van der Waals surface area contributed by atoms with Gasteiger partial charge in [-0.05, 0) is 13.8 Å². The Morgan fingerprint density at radius 3 is 2.82 bits per heavy atom. The number of nitrogens with one attached hydrogen (secondary N) is 2. The first kappa shape index (κ1) is 11.6. The lowest BCUT2D eigenvalue weighted by Gasteiger charge is -2.12. The average Bonchev–Trinajstić information content (AvgIpc) is 2.85. The van der Waals surface area contributed by atoms with Crippen molar-refractivity contribution in [3.63, 3.8) is 0 Å². The van der Waals surface area contributed by atoms with Crippen LogP contribution in [0.25, 0.3) is 0 Å². The van der Waals surface area contributed by atoms with Gasteiger partial charge in [0.15, 0.2) is 0 Å². The molecule has 0 aliphatic carbocycles. The van der Waals surface area contributed by atoms with E-state index in [0.29, 0.717) is 5.82 Å². The van der Waals surface area contributed by atoms with Crippen molar-refractivity contribution in [1.82, 2.24) is 20.0 Å². The van der Waals surface area contributed by atoms with Gasteiger partial charge in [-0.25, -0.2) is 13.1 Å². The summed E-state index contributed by atoms with van der Waals surface area (Å²) in [6.45, 7) is 3.84. The van der Waals surface area contributed by atoms with E-state index in [0.717, 1.165) is 0 Å². The molecule has 0 saturated carbocycles. The van der Waals surface area contributed by atoms with Crippen LogP contribution in [0.5, 0.6) is 0 Å². The van der Waals surface area contributed by atoms with Gasteiger partial charge in [0.05, 0.1) is 12.4 Å². The summed E-state index contributed by atoms with van der Waals surface area (Å²) >= 11 is 0. The van der Waals surface area contributed by atoms with E-state index in [9.17, 15) is 8.42 Å². The Bertz CT molecular complexity index is 585. The number of anilines is 1. The largest absolute Gasteiger partial charge is 0.284 e. The SMILES string of the molecule is CC(C)n1nccc1NS(=O)(=O)c1cn[nH]c1. The van der Waals surface area contributed by atoms with Gasteiger partial charge in [-0.2, -0.15) is 10.2 Å². The van der Waals surface area contributed by atoms with E-state index in [1.54, 1.807) is 16.9 Å². The second-order valence-corrected chi connectivity index (χ2v) is 5.48. The number of H-pyrrole nitrogens is 1. The molecule has 0 atom stereocenters. The van der Waals surface area contributed by atoms with Gasteiger partial charge in [-0.15, -0.1) is 0 Å². The molecule has 0 aliphatic rings. The van der Waals surface area contributed by atoms with Crippen LogP contribution in [0, 0.1) is 0 Å². The van der Waals surface area contributed by atoms with Crippen molar-refractivity contribution in [2.24, 2.45) is 0 Å². The molecule has 92 valence electrons. The van der Waals surface area contributed by atoms with Crippen molar-refractivity contribution in [2.75, 3.05) is 4.72 Å². The standard InChI is InChI=1S/C9H13N5O2S/c1-7(2)14-9(3-4-12-14)13-17(15,16)8-5-10-11-6-8/h3-7,13H,1-2H3,(H,10,11). The highest BCUT2D eigenvalue weighted by Crippen LogP contribution is 2.17. The van der Waals surface area contributed by atoms with Gasteiger partial charge in [0.1, 0.15) is 10.7 Å². The predicted molar refractivity (Wildman–Crippen MR) is 62.0 cm³/mol. The molecule has 8 heteroatoms. The third kappa shape index (κ3) is 2.31. The van der Waals surface area contributed by atoms with Gasteiger partial charge in [-0.3, -0.25) is 9.82 Å². The summed E-state index contributed by atoms with van der Waals surface area (Å²) in [5.41, 5.74) is 0. The maximum atomic E-state index is 11.9. The van der Waals surface area contributed by atoms with Crippen LogP contribution < -0.4 is 4.72 Å². The lowest BCUT2D eigenvalue weighted by molar-refractivity contribution is 0.539. The Balaban J connectivity index is 2.30. The van der Waals surface area contributed by atoms with Crippen LogP contribution in [-0.4, -0.2) is 28.4 Å². The Labute approximate surface area is 98.9 Å². The number of aromatic amines is 1. The molecule has 0 radical (unpaired) electrons. The molecule has 0 fully saturated rings. The molecule has 0 unspecified atom stereocenters. The molecule has 17 heavy (non-hydrogen) atoms. The number of hydrogen-bond acceptors (Lipinski definition) is 4. The maximum Gasteiger partial charge on any atom is 0.266 e. The van der Waals surface area contributed by atoms with Gasteiger partial charge < -0.3 is 0 Å². The summed E-state index contributed by atoms with van der Waals surface area (Å²) in [6, 6.07) is 1.68. The first-order chi connectivity index (χ1) is 8.00. The van der Waals surface area contributed by atoms with Crippen LogP contribution in [0.2, 0.25) is 0 Å². The zero-order valence-electron chi connectivity index (χ0n) is 9.45. The van der Waals surface area contributed by atoms with E-state index in [4.69, 9.17) is 0 Å². The smallest absolute Gasteiger partial charge is 0.266 e. The molecule has 2 aromatic heterocycles. The van der Waals surface area contributed by atoms with E-state index < -0.39 is 10.0 Å².